The lowest BCUT2D eigenvalue weighted by molar-refractivity contribution is -0.140. The van der Waals surface area contributed by atoms with Gasteiger partial charge in [-0.3, -0.25) is 9.59 Å². The van der Waals surface area contributed by atoms with E-state index in [-0.39, 0.29) is 12.1 Å². The number of aliphatic imine (C=N–C) groups is 1. The van der Waals surface area contributed by atoms with Gasteiger partial charge in [0.1, 0.15) is 11.8 Å². The van der Waals surface area contributed by atoms with Crippen LogP contribution in [-0.4, -0.2) is 54.3 Å². The minimum Gasteiger partial charge on any atom is -0.480 e. The average Bonchev–Trinajstić information content (AvgIpc) is 3.57. The molecule has 2 aromatic heterocycles. The Labute approximate surface area is 221 Å². The Hall–Kier alpha value is -3.15. The van der Waals surface area contributed by atoms with Crippen molar-refractivity contribution in [3.8, 4) is 0 Å². The molecule has 0 saturated carbocycles. The van der Waals surface area contributed by atoms with Gasteiger partial charge in [-0.1, -0.05) is 18.2 Å². The molecule has 194 valence electrons. The summed E-state index contributed by atoms with van der Waals surface area (Å²) in [7, 11) is 0. The summed E-state index contributed by atoms with van der Waals surface area (Å²) >= 11 is 3.06. The molecule has 0 aliphatic carbocycles. The first-order chi connectivity index (χ1) is 17.9. The van der Waals surface area contributed by atoms with Crippen LogP contribution in [0.15, 0.2) is 41.4 Å². The Bertz CT molecular complexity index is 1330. The van der Waals surface area contributed by atoms with Crippen molar-refractivity contribution in [2.24, 2.45) is 10.9 Å². The lowest BCUT2D eigenvalue weighted by Gasteiger charge is -2.22. The number of rotatable bonds is 9. The number of thiophene rings is 2. The first kappa shape index (κ1) is 25.5. The van der Waals surface area contributed by atoms with Gasteiger partial charge >= 0.3 is 5.97 Å². The molecule has 1 saturated heterocycles. The van der Waals surface area contributed by atoms with Gasteiger partial charge in [0.05, 0.1) is 14.6 Å². The Morgan fingerprint density at radius 3 is 2.65 bits per heavy atom. The van der Waals surface area contributed by atoms with E-state index >= 15 is 0 Å². The number of nitrogens with one attached hydrogen (secondary N) is 3. The van der Waals surface area contributed by atoms with Crippen LogP contribution in [0.5, 0.6) is 0 Å². The van der Waals surface area contributed by atoms with Crippen LogP contribution in [0.1, 0.15) is 45.5 Å². The van der Waals surface area contributed by atoms with Gasteiger partial charge < -0.3 is 21.1 Å². The Morgan fingerprint density at radius 2 is 1.92 bits per heavy atom. The fourth-order valence-corrected chi connectivity index (χ4v) is 7.08. The van der Waals surface area contributed by atoms with Crippen molar-refractivity contribution >= 4 is 61.3 Å². The van der Waals surface area contributed by atoms with Gasteiger partial charge in [-0.15, -0.1) is 22.7 Å². The number of piperidine rings is 1. The number of carbonyl (C=O) groups excluding carboxylic acids is 2. The van der Waals surface area contributed by atoms with Crippen LogP contribution in [0.25, 0.3) is 9.40 Å². The highest BCUT2D eigenvalue weighted by molar-refractivity contribution is 7.39. The van der Waals surface area contributed by atoms with Crippen molar-refractivity contribution in [1.82, 2.24) is 16.0 Å². The van der Waals surface area contributed by atoms with Crippen molar-refractivity contribution < 1.29 is 23.9 Å². The summed E-state index contributed by atoms with van der Waals surface area (Å²) in [4.78, 5) is 42.8. The predicted molar refractivity (Wildman–Crippen MR) is 143 cm³/mol. The number of halogens is 1. The molecule has 2 aliphatic heterocycles. The monoisotopic (exact) mass is 542 g/mol. The van der Waals surface area contributed by atoms with E-state index in [0.717, 1.165) is 34.8 Å². The molecule has 1 fully saturated rings. The van der Waals surface area contributed by atoms with Crippen LogP contribution in [0.3, 0.4) is 0 Å². The van der Waals surface area contributed by atoms with Gasteiger partial charge in [0.15, 0.2) is 6.17 Å². The molecule has 4 N–H and O–H groups in total. The number of fused-ring (bicyclic) bond motifs is 2. The third-order valence-electron chi connectivity index (χ3n) is 6.74. The highest BCUT2D eigenvalue weighted by atomic mass is 32.2. The third-order valence-corrected chi connectivity index (χ3v) is 9.19. The molecule has 2 atom stereocenters. The molecule has 11 heteroatoms. The highest BCUT2D eigenvalue weighted by Gasteiger charge is 2.34. The smallest absolute Gasteiger partial charge is 0.328 e. The minimum atomic E-state index is -1.73. The fraction of sp³-hybridized carbons (Fsp3) is 0.385. The summed E-state index contributed by atoms with van der Waals surface area (Å²) in [6.07, 6.45) is 2.92. The second-order valence-electron chi connectivity index (χ2n) is 9.29. The van der Waals surface area contributed by atoms with Crippen molar-refractivity contribution in [2.75, 3.05) is 19.6 Å². The summed E-state index contributed by atoms with van der Waals surface area (Å²) in [6, 6.07) is 8.94. The van der Waals surface area contributed by atoms with Gasteiger partial charge in [0.25, 0.3) is 11.8 Å². The number of carboxylic acids is 1. The first-order valence-electron chi connectivity index (χ1n) is 12.3. The molecule has 1 aromatic carbocycles. The van der Waals surface area contributed by atoms with Crippen molar-refractivity contribution in [3.63, 3.8) is 0 Å². The zero-order valence-corrected chi connectivity index (χ0v) is 21.6. The average molecular weight is 543 g/mol. The molecular weight excluding hydrogens is 515 g/mol. The van der Waals surface area contributed by atoms with E-state index in [9.17, 15) is 23.9 Å². The molecule has 4 heterocycles. The van der Waals surface area contributed by atoms with Gasteiger partial charge in [-0.05, 0) is 62.9 Å². The molecule has 5 rings (SSSR count). The lowest BCUT2D eigenvalue weighted by atomic mass is 9.93. The van der Waals surface area contributed by atoms with E-state index in [2.05, 4.69) is 27.0 Å². The van der Waals surface area contributed by atoms with E-state index in [4.69, 9.17) is 0 Å². The molecule has 0 spiro atoms. The first-order valence-corrected chi connectivity index (χ1v) is 13.9. The van der Waals surface area contributed by atoms with E-state index in [1.54, 1.807) is 29.5 Å². The number of aryl methyl sites for hydroxylation is 1. The third kappa shape index (κ3) is 5.73. The van der Waals surface area contributed by atoms with Crippen LogP contribution >= 0.6 is 22.7 Å². The molecule has 0 radical (unpaired) electrons. The molecule has 2 aliphatic rings. The molecule has 2 unspecified atom stereocenters. The number of aliphatic carboxylic acids is 1. The van der Waals surface area contributed by atoms with Gasteiger partial charge in [-0.2, -0.15) is 0 Å². The maximum atomic E-state index is 14.7. The maximum absolute atomic E-state index is 14.7. The number of hydrogen-bond acceptors (Lipinski definition) is 7. The van der Waals surface area contributed by atoms with Crippen molar-refractivity contribution in [2.45, 2.75) is 37.9 Å². The molecule has 2 amide bonds. The Morgan fingerprint density at radius 1 is 1.14 bits per heavy atom. The van der Waals surface area contributed by atoms with Crippen molar-refractivity contribution in [3.05, 3.63) is 51.7 Å². The number of benzene rings is 1. The van der Waals surface area contributed by atoms with Crippen LogP contribution in [0.4, 0.5) is 10.1 Å². The topological polar surface area (TPSA) is 120 Å². The van der Waals surface area contributed by atoms with E-state index < -0.39 is 35.7 Å². The van der Waals surface area contributed by atoms with Crippen molar-refractivity contribution in [1.29, 1.82) is 0 Å². The molecular formula is C26H27FN4O4S2. The maximum Gasteiger partial charge on any atom is 0.328 e. The summed E-state index contributed by atoms with van der Waals surface area (Å²) in [6.45, 7) is 1.84. The summed E-state index contributed by atoms with van der Waals surface area (Å²) in [5.74, 6) is -1.92. The zero-order chi connectivity index (χ0) is 25.9. The Kier molecular flexibility index (Phi) is 7.63. The lowest BCUT2D eigenvalue weighted by Crippen LogP contribution is -2.50. The molecule has 3 aromatic rings. The van der Waals surface area contributed by atoms with Gasteiger partial charge in [0.2, 0.25) is 0 Å². The highest BCUT2D eigenvalue weighted by Crippen LogP contribution is 2.36. The number of carboxylic acid groups (broad SMARTS) is 1. The molecule has 0 bridgehead atoms. The quantitative estimate of drug-likeness (QED) is 0.326. The zero-order valence-electron chi connectivity index (χ0n) is 20.0. The standard InChI is InChI=1S/C26H27FN4O4S2/c27-21-17-3-1-2-4-18(17)30-22(21)24(33)31-19(25(34)35)13-29-23(32)20-12-15-11-16(36-26(15)37-20)6-5-14-7-9-28-10-8-14/h1-4,11-12,14,19,21,28H,5-10,13H2,(H,29,32)(H,31,33)(H,34,35). The summed E-state index contributed by atoms with van der Waals surface area (Å²) in [5.41, 5.74) is 0.209. The van der Waals surface area contributed by atoms with Crippen LogP contribution in [0.2, 0.25) is 0 Å². The van der Waals surface area contributed by atoms with E-state index in [1.165, 1.54) is 41.5 Å². The van der Waals surface area contributed by atoms with Crippen LogP contribution < -0.4 is 16.0 Å². The van der Waals surface area contributed by atoms with Crippen LogP contribution in [-0.2, 0) is 16.0 Å². The number of carbonyl (C=O) groups is 3. The predicted octanol–water partition coefficient (Wildman–Crippen LogP) is 3.99. The number of hydrogen-bond donors (Lipinski definition) is 4. The summed E-state index contributed by atoms with van der Waals surface area (Å²) in [5, 5.41) is 18.8. The minimum absolute atomic E-state index is 0.264. The number of nitrogens with zero attached hydrogens (tertiary/aromatic N) is 1. The number of amides is 2. The second kappa shape index (κ2) is 11.1. The van der Waals surface area contributed by atoms with Gasteiger partial charge in [0, 0.05) is 22.4 Å². The normalized spacial score (nSPS) is 18.3. The SMILES string of the molecule is O=C(NC(CNC(=O)c1cc2cc(CCC3CCNCC3)sc2s1)C(=O)O)C1=Nc2ccccc2C1F. The van der Waals surface area contributed by atoms with Crippen LogP contribution in [0, 0.1) is 5.92 Å². The number of para-hydroxylation sites is 1. The van der Waals surface area contributed by atoms with E-state index in [0.29, 0.717) is 10.6 Å². The molecule has 37 heavy (non-hydrogen) atoms. The van der Waals surface area contributed by atoms with E-state index in [1.807, 2.05) is 6.07 Å². The largest absolute Gasteiger partial charge is 0.480 e. The summed E-state index contributed by atoms with van der Waals surface area (Å²) < 4.78 is 15.7. The number of alkyl halides is 1. The van der Waals surface area contributed by atoms with Gasteiger partial charge in [-0.25, -0.2) is 14.2 Å². The Balaban J connectivity index is 1.16. The second-order valence-corrected chi connectivity index (χ2v) is 11.7. The fourth-order valence-electron chi connectivity index (χ4n) is 4.66. The molecule has 8 nitrogen and oxygen atoms in total.